The molecule has 0 fully saturated rings. The molecule has 0 spiro atoms. The van der Waals surface area contributed by atoms with Crippen molar-refractivity contribution in [1.29, 1.82) is 0 Å². The van der Waals surface area contributed by atoms with Crippen molar-refractivity contribution < 1.29 is 9.90 Å². The number of carbonyl (C=O) groups is 1. The number of amides is 2. The lowest BCUT2D eigenvalue weighted by Gasteiger charge is -2.13. The number of pyridine rings is 1. The van der Waals surface area contributed by atoms with Gasteiger partial charge in [0.05, 0.1) is 11.9 Å². The molecule has 0 radical (unpaired) electrons. The van der Waals surface area contributed by atoms with Gasteiger partial charge in [-0.2, -0.15) is 0 Å². The van der Waals surface area contributed by atoms with E-state index in [-0.39, 0.29) is 11.6 Å². The standard InChI is InChI=1S/C16H16N6O2S/c1-2-22(25)16(24)21-14-9-17-11-7-8-13(19-15(11)20-14)18-10-5-3-4-6-12(10)23/h3-9,23,25H,2H2,1H3,(H2,18,19,20,21,24). The molecule has 0 aliphatic carbocycles. The molecule has 128 valence electrons. The minimum Gasteiger partial charge on any atom is -0.506 e. The number of para-hydroxylation sites is 2. The Bertz CT molecular complexity index is 920. The van der Waals surface area contributed by atoms with Crippen LogP contribution in [0, 0.1) is 0 Å². The maximum absolute atomic E-state index is 11.8. The number of hydrogen-bond acceptors (Lipinski definition) is 7. The van der Waals surface area contributed by atoms with Crippen LogP contribution < -0.4 is 10.6 Å². The van der Waals surface area contributed by atoms with E-state index in [4.69, 9.17) is 0 Å². The Balaban J connectivity index is 1.86. The minimum absolute atomic E-state index is 0.116. The summed E-state index contributed by atoms with van der Waals surface area (Å²) in [5.41, 5.74) is 1.47. The van der Waals surface area contributed by atoms with E-state index < -0.39 is 6.03 Å². The lowest BCUT2D eigenvalue weighted by Crippen LogP contribution is -2.27. The zero-order chi connectivity index (χ0) is 17.8. The van der Waals surface area contributed by atoms with Gasteiger partial charge in [-0.3, -0.25) is 9.62 Å². The zero-order valence-electron chi connectivity index (χ0n) is 13.3. The van der Waals surface area contributed by atoms with E-state index in [1.54, 1.807) is 43.3 Å². The molecule has 0 unspecified atom stereocenters. The smallest absolute Gasteiger partial charge is 0.332 e. The quantitative estimate of drug-likeness (QED) is 0.423. The summed E-state index contributed by atoms with van der Waals surface area (Å²) in [6, 6.07) is 9.92. The monoisotopic (exact) mass is 356 g/mol. The fraction of sp³-hybridized carbons (Fsp3) is 0.125. The van der Waals surface area contributed by atoms with E-state index in [0.29, 0.717) is 29.2 Å². The SMILES string of the molecule is CCN(S)C(=O)Nc1cnc2ccc(Nc3ccccc3O)nc2n1. The molecule has 8 nitrogen and oxygen atoms in total. The number of hydrogen-bond donors (Lipinski definition) is 4. The molecule has 3 N–H and O–H groups in total. The molecular weight excluding hydrogens is 340 g/mol. The van der Waals surface area contributed by atoms with Crippen LogP contribution >= 0.6 is 12.8 Å². The number of aromatic hydroxyl groups is 1. The zero-order valence-corrected chi connectivity index (χ0v) is 14.2. The number of fused-ring (bicyclic) bond motifs is 1. The topological polar surface area (TPSA) is 103 Å². The van der Waals surface area contributed by atoms with Crippen molar-refractivity contribution in [2.24, 2.45) is 0 Å². The molecule has 3 rings (SSSR count). The number of phenolic OH excluding ortho intramolecular Hbond substituents is 1. The molecule has 2 heterocycles. The van der Waals surface area contributed by atoms with Crippen molar-refractivity contribution in [2.45, 2.75) is 6.92 Å². The van der Waals surface area contributed by atoms with E-state index in [9.17, 15) is 9.90 Å². The molecule has 2 amide bonds. The molecular formula is C16H16N6O2S. The van der Waals surface area contributed by atoms with E-state index in [1.165, 1.54) is 10.5 Å². The third-order valence-corrected chi connectivity index (χ3v) is 3.81. The Morgan fingerprint density at radius 3 is 2.72 bits per heavy atom. The lowest BCUT2D eigenvalue weighted by molar-refractivity contribution is 0.240. The summed E-state index contributed by atoms with van der Waals surface area (Å²) in [5.74, 6) is 0.887. The molecule has 0 atom stereocenters. The van der Waals surface area contributed by atoms with Gasteiger partial charge < -0.3 is 10.4 Å². The van der Waals surface area contributed by atoms with Crippen molar-refractivity contribution in [2.75, 3.05) is 17.2 Å². The maximum atomic E-state index is 11.8. The van der Waals surface area contributed by atoms with Crippen LogP contribution in [0.25, 0.3) is 11.2 Å². The maximum Gasteiger partial charge on any atom is 0.332 e. The highest BCUT2D eigenvalue weighted by Gasteiger charge is 2.10. The highest BCUT2D eigenvalue weighted by atomic mass is 32.1. The third-order valence-electron chi connectivity index (χ3n) is 3.34. The van der Waals surface area contributed by atoms with E-state index in [2.05, 4.69) is 38.4 Å². The number of carbonyl (C=O) groups excluding carboxylic acids is 1. The van der Waals surface area contributed by atoms with Gasteiger partial charge >= 0.3 is 6.03 Å². The number of benzene rings is 1. The largest absolute Gasteiger partial charge is 0.506 e. The Morgan fingerprint density at radius 1 is 1.20 bits per heavy atom. The van der Waals surface area contributed by atoms with Crippen LogP contribution in [0.4, 0.5) is 22.1 Å². The lowest BCUT2D eigenvalue weighted by atomic mass is 10.3. The summed E-state index contributed by atoms with van der Waals surface area (Å²) in [7, 11) is 0. The summed E-state index contributed by atoms with van der Waals surface area (Å²) in [6.07, 6.45) is 1.45. The number of urea groups is 1. The van der Waals surface area contributed by atoms with Crippen molar-refractivity contribution in [3.05, 3.63) is 42.6 Å². The molecule has 0 saturated heterocycles. The first-order valence-electron chi connectivity index (χ1n) is 7.53. The van der Waals surface area contributed by atoms with Crippen molar-refractivity contribution >= 4 is 47.3 Å². The van der Waals surface area contributed by atoms with Crippen molar-refractivity contribution in [1.82, 2.24) is 19.3 Å². The Kier molecular flexibility index (Phi) is 4.85. The number of nitrogens with zero attached hydrogens (tertiary/aromatic N) is 4. The Hall–Kier alpha value is -3.07. The predicted molar refractivity (Wildman–Crippen MR) is 99.1 cm³/mol. The average Bonchev–Trinajstić information content (AvgIpc) is 2.62. The Labute approximate surface area is 149 Å². The van der Waals surface area contributed by atoms with Crippen LogP contribution in [0.3, 0.4) is 0 Å². The van der Waals surface area contributed by atoms with Gasteiger partial charge in [-0.15, -0.1) is 0 Å². The van der Waals surface area contributed by atoms with E-state index in [0.717, 1.165) is 0 Å². The van der Waals surface area contributed by atoms with Gasteiger partial charge in [-0.25, -0.2) is 19.7 Å². The van der Waals surface area contributed by atoms with Gasteiger partial charge in [-0.1, -0.05) is 24.9 Å². The van der Waals surface area contributed by atoms with Gasteiger partial charge in [0.25, 0.3) is 0 Å². The fourth-order valence-corrected chi connectivity index (χ4v) is 2.11. The van der Waals surface area contributed by atoms with Gasteiger partial charge in [-0.05, 0) is 31.2 Å². The van der Waals surface area contributed by atoms with Crippen molar-refractivity contribution in [3.8, 4) is 5.75 Å². The number of aromatic nitrogens is 3. The second-order valence-corrected chi connectivity index (χ2v) is 5.57. The summed E-state index contributed by atoms with van der Waals surface area (Å²) in [6.45, 7) is 2.25. The minimum atomic E-state index is -0.400. The molecule has 1 aromatic carbocycles. The molecule has 25 heavy (non-hydrogen) atoms. The summed E-state index contributed by atoms with van der Waals surface area (Å²) in [5, 5.41) is 15.4. The van der Waals surface area contributed by atoms with Crippen LogP contribution in [0.2, 0.25) is 0 Å². The molecule has 0 aliphatic heterocycles. The van der Waals surface area contributed by atoms with Gasteiger partial charge in [0.15, 0.2) is 11.5 Å². The van der Waals surface area contributed by atoms with Crippen LogP contribution in [0.5, 0.6) is 5.75 Å². The number of thiol groups is 1. The average molecular weight is 356 g/mol. The van der Waals surface area contributed by atoms with Crippen LogP contribution in [0.1, 0.15) is 6.92 Å². The van der Waals surface area contributed by atoms with E-state index >= 15 is 0 Å². The number of nitrogens with one attached hydrogen (secondary N) is 2. The predicted octanol–water partition coefficient (Wildman–Crippen LogP) is 3.17. The number of anilines is 3. The van der Waals surface area contributed by atoms with Gasteiger partial charge in [0.1, 0.15) is 17.1 Å². The van der Waals surface area contributed by atoms with Crippen LogP contribution in [0.15, 0.2) is 42.6 Å². The summed E-state index contributed by atoms with van der Waals surface area (Å²) < 4.78 is 1.22. The molecule has 0 aliphatic rings. The normalized spacial score (nSPS) is 10.5. The first-order chi connectivity index (χ1) is 12.1. The highest BCUT2D eigenvalue weighted by molar-refractivity contribution is 7.78. The number of phenols is 1. The van der Waals surface area contributed by atoms with Crippen LogP contribution in [-0.4, -0.2) is 36.9 Å². The molecule has 9 heteroatoms. The summed E-state index contributed by atoms with van der Waals surface area (Å²) in [4.78, 5) is 24.7. The first kappa shape index (κ1) is 16.8. The second kappa shape index (κ2) is 7.22. The number of rotatable bonds is 4. The molecule has 2 aromatic heterocycles. The molecule has 0 bridgehead atoms. The summed E-state index contributed by atoms with van der Waals surface area (Å²) >= 11 is 4.03. The van der Waals surface area contributed by atoms with Crippen molar-refractivity contribution in [3.63, 3.8) is 0 Å². The fourth-order valence-electron chi connectivity index (χ4n) is 2.06. The van der Waals surface area contributed by atoms with Gasteiger partial charge in [0.2, 0.25) is 0 Å². The Morgan fingerprint density at radius 2 is 1.96 bits per heavy atom. The highest BCUT2D eigenvalue weighted by Crippen LogP contribution is 2.25. The van der Waals surface area contributed by atoms with Gasteiger partial charge in [0, 0.05) is 6.54 Å². The first-order valence-corrected chi connectivity index (χ1v) is 7.93. The second-order valence-electron chi connectivity index (χ2n) is 5.08. The molecule has 3 aromatic rings. The molecule has 0 saturated carbocycles. The van der Waals surface area contributed by atoms with Crippen LogP contribution in [-0.2, 0) is 0 Å². The third kappa shape index (κ3) is 3.89. The van der Waals surface area contributed by atoms with E-state index in [1.807, 2.05) is 0 Å².